The fourth-order valence-corrected chi connectivity index (χ4v) is 1.28. The summed E-state index contributed by atoms with van der Waals surface area (Å²) in [6.07, 6.45) is -0.0548. The molecule has 17 heavy (non-hydrogen) atoms. The monoisotopic (exact) mass is 263 g/mol. The van der Waals surface area contributed by atoms with E-state index in [1.165, 1.54) is 0 Å². The number of amides is 1. The predicted molar refractivity (Wildman–Crippen MR) is 57.3 cm³/mol. The number of hydrogen-bond acceptors (Lipinski definition) is 2. The normalized spacial score (nSPS) is 10.1. The Labute approximate surface area is 100 Å². The summed E-state index contributed by atoms with van der Waals surface area (Å²) < 4.78 is 26.2. The van der Waals surface area contributed by atoms with Gasteiger partial charge in [-0.3, -0.25) is 4.79 Å². The zero-order valence-electron chi connectivity index (χ0n) is 8.47. The molecule has 0 atom stereocenters. The topological polar surface area (TPSA) is 66.4 Å². The van der Waals surface area contributed by atoms with E-state index in [1.54, 1.807) is 0 Å². The number of aromatic carboxylic acids is 1. The molecule has 0 aliphatic rings. The van der Waals surface area contributed by atoms with Crippen molar-refractivity contribution >= 4 is 29.2 Å². The van der Waals surface area contributed by atoms with E-state index in [9.17, 15) is 18.4 Å². The number of benzene rings is 1. The van der Waals surface area contributed by atoms with Crippen LogP contribution in [-0.2, 0) is 4.79 Å². The van der Waals surface area contributed by atoms with Crippen LogP contribution in [0, 0.1) is 11.6 Å². The Morgan fingerprint density at radius 3 is 2.47 bits per heavy atom. The van der Waals surface area contributed by atoms with Crippen LogP contribution in [0.2, 0.25) is 0 Å². The van der Waals surface area contributed by atoms with Gasteiger partial charge in [-0.2, -0.15) is 0 Å². The van der Waals surface area contributed by atoms with Crippen LogP contribution in [0.15, 0.2) is 12.1 Å². The van der Waals surface area contributed by atoms with Crippen LogP contribution in [-0.4, -0.2) is 22.9 Å². The Morgan fingerprint density at radius 1 is 1.29 bits per heavy atom. The second kappa shape index (κ2) is 5.58. The molecular formula is C10H8ClF2NO3. The van der Waals surface area contributed by atoms with E-state index in [1.807, 2.05) is 0 Å². The van der Waals surface area contributed by atoms with Crippen LogP contribution >= 0.6 is 11.6 Å². The molecule has 0 aliphatic carbocycles. The van der Waals surface area contributed by atoms with Gasteiger partial charge in [-0.05, 0) is 6.07 Å². The number of carboxylic acids is 1. The molecule has 0 spiro atoms. The minimum Gasteiger partial charge on any atom is -0.478 e. The van der Waals surface area contributed by atoms with Crippen molar-refractivity contribution in [3.05, 3.63) is 29.3 Å². The average molecular weight is 264 g/mol. The zero-order valence-corrected chi connectivity index (χ0v) is 9.22. The number of nitrogens with one attached hydrogen (secondary N) is 1. The number of alkyl halides is 1. The second-order valence-corrected chi connectivity index (χ2v) is 3.48. The Hall–Kier alpha value is -1.69. The van der Waals surface area contributed by atoms with E-state index in [0.29, 0.717) is 6.07 Å². The highest BCUT2D eigenvalue weighted by molar-refractivity contribution is 6.19. The largest absolute Gasteiger partial charge is 0.478 e. The Bertz CT molecular complexity index is 465. The van der Waals surface area contributed by atoms with Crippen LogP contribution in [0.3, 0.4) is 0 Å². The molecule has 1 amide bonds. The number of carboxylic acid groups (broad SMARTS) is 1. The lowest BCUT2D eigenvalue weighted by atomic mass is 10.1. The first kappa shape index (κ1) is 13.4. The van der Waals surface area contributed by atoms with E-state index in [-0.39, 0.29) is 18.0 Å². The molecule has 0 saturated carbocycles. The summed E-state index contributed by atoms with van der Waals surface area (Å²) in [5.41, 5.74) is -1.11. The molecule has 0 bridgehead atoms. The number of halogens is 3. The number of anilines is 1. The smallest absolute Gasteiger partial charge is 0.338 e. The van der Waals surface area contributed by atoms with E-state index in [2.05, 4.69) is 5.32 Å². The van der Waals surface area contributed by atoms with Crippen molar-refractivity contribution in [2.24, 2.45) is 0 Å². The fraction of sp³-hybridized carbons (Fsp3) is 0.200. The van der Waals surface area contributed by atoms with Gasteiger partial charge in [-0.15, -0.1) is 11.6 Å². The standard InChI is InChI=1S/C10H8ClF2NO3/c11-2-1-9(15)14-8-3-5(10(16)17)6(12)4-7(8)13/h3-4H,1-2H2,(H,14,15)(H,16,17). The van der Waals surface area contributed by atoms with Crippen molar-refractivity contribution in [3.8, 4) is 0 Å². The summed E-state index contributed by atoms with van der Waals surface area (Å²) in [6.45, 7) is 0. The number of carbonyl (C=O) groups excluding carboxylic acids is 1. The number of hydrogen-bond donors (Lipinski definition) is 2. The van der Waals surface area contributed by atoms with Crippen molar-refractivity contribution in [2.45, 2.75) is 6.42 Å². The Balaban J connectivity index is 3.03. The molecular weight excluding hydrogens is 256 g/mol. The van der Waals surface area contributed by atoms with Crippen LogP contribution in [0.5, 0.6) is 0 Å². The van der Waals surface area contributed by atoms with Gasteiger partial charge in [-0.25, -0.2) is 13.6 Å². The average Bonchev–Trinajstić information content (AvgIpc) is 2.21. The highest BCUT2D eigenvalue weighted by Crippen LogP contribution is 2.19. The highest BCUT2D eigenvalue weighted by atomic mass is 35.5. The lowest BCUT2D eigenvalue weighted by Gasteiger charge is -2.07. The molecule has 1 aromatic rings. The summed E-state index contributed by atoms with van der Waals surface area (Å²) in [7, 11) is 0. The summed E-state index contributed by atoms with van der Waals surface area (Å²) in [4.78, 5) is 21.7. The predicted octanol–water partition coefficient (Wildman–Crippen LogP) is 2.23. The molecule has 2 N–H and O–H groups in total. The first-order chi connectivity index (χ1) is 7.95. The maximum Gasteiger partial charge on any atom is 0.338 e. The zero-order chi connectivity index (χ0) is 13.0. The van der Waals surface area contributed by atoms with Crippen molar-refractivity contribution < 1.29 is 23.5 Å². The number of rotatable bonds is 4. The molecule has 1 rings (SSSR count). The van der Waals surface area contributed by atoms with Gasteiger partial charge in [0.1, 0.15) is 11.6 Å². The van der Waals surface area contributed by atoms with Crippen LogP contribution in [0.1, 0.15) is 16.8 Å². The van der Waals surface area contributed by atoms with Gasteiger partial charge in [0.25, 0.3) is 0 Å². The third kappa shape index (κ3) is 3.39. The van der Waals surface area contributed by atoms with Crippen LogP contribution < -0.4 is 5.32 Å². The minimum atomic E-state index is -1.55. The first-order valence-corrected chi connectivity index (χ1v) is 5.07. The highest BCUT2D eigenvalue weighted by Gasteiger charge is 2.16. The summed E-state index contributed by atoms with van der Waals surface area (Å²) in [5.74, 6) is -4.33. The van der Waals surface area contributed by atoms with E-state index < -0.39 is 29.1 Å². The van der Waals surface area contributed by atoms with Crippen molar-refractivity contribution in [3.63, 3.8) is 0 Å². The van der Waals surface area contributed by atoms with E-state index in [4.69, 9.17) is 16.7 Å². The fourth-order valence-electron chi connectivity index (χ4n) is 1.11. The molecule has 0 fully saturated rings. The van der Waals surface area contributed by atoms with Gasteiger partial charge in [0.2, 0.25) is 5.91 Å². The van der Waals surface area contributed by atoms with Gasteiger partial charge < -0.3 is 10.4 Å². The molecule has 4 nitrogen and oxygen atoms in total. The van der Waals surface area contributed by atoms with E-state index >= 15 is 0 Å². The minimum absolute atomic E-state index is 0.0421. The third-order valence-electron chi connectivity index (χ3n) is 1.88. The number of carbonyl (C=O) groups is 2. The quantitative estimate of drug-likeness (QED) is 0.819. The van der Waals surface area contributed by atoms with Crippen molar-refractivity contribution in [1.29, 1.82) is 0 Å². The summed E-state index contributed by atoms with van der Waals surface area (Å²) in [5, 5.41) is 10.7. The molecule has 0 heterocycles. The molecule has 0 aliphatic heterocycles. The molecule has 1 aromatic carbocycles. The Kier molecular flexibility index (Phi) is 4.39. The van der Waals surface area contributed by atoms with E-state index in [0.717, 1.165) is 6.07 Å². The van der Waals surface area contributed by atoms with Crippen LogP contribution in [0.4, 0.5) is 14.5 Å². The Morgan fingerprint density at radius 2 is 1.94 bits per heavy atom. The molecule has 0 unspecified atom stereocenters. The first-order valence-electron chi connectivity index (χ1n) is 4.54. The SMILES string of the molecule is O=C(CCCl)Nc1cc(C(=O)O)c(F)cc1F. The molecule has 92 valence electrons. The lowest BCUT2D eigenvalue weighted by molar-refractivity contribution is -0.115. The van der Waals surface area contributed by atoms with Gasteiger partial charge >= 0.3 is 5.97 Å². The molecule has 7 heteroatoms. The van der Waals surface area contributed by atoms with Gasteiger partial charge in [0.05, 0.1) is 11.3 Å². The maximum absolute atomic E-state index is 13.2. The van der Waals surface area contributed by atoms with Gasteiger partial charge in [0, 0.05) is 18.4 Å². The third-order valence-corrected chi connectivity index (χ3v) is 2.07. The summed E-state index contributed by atoms with van der Waals surface area (Å²) >= 11 is 5.30. The molecule has 0 saturated heterocycles. The molecule has 0 radical (unpaired) electrons. The maximum atomic E-state index is 13.2. The summed E-state index contributed by atoms with van der Waals surface area (Å²) in [6, 6.07) is 1.12. The van der Waals surface area contributed by atoms with Gasteiger partial charge in [-0.1, -0.05) is 0 Å². The van der Waals surface area contributed by atoms with Crippen LogP contribution in [0.25, 0.3) is 0 Å². The van der Waals surface area contributed by atoms with Crippen molar-refractivity contribution in [1.82, 2.24) is 0 Å². The van der Waals surface area contributed by atoms with Crippen molar-refractivity contribution in [2.75, 3.05) is 11.2 Å². The molecule has 0 aromatic heterocycles. The lowest BCUT2D eigenvalue weighted by Crippen LogP contribution is -2.14. The van der Waals surface area contributed by atoms with Gasteiger partial charge in [0.15, 0.2) is 0 Å². The second-order valence-electron chi connectivity index (χ2n) is 3.10.